The van der Waals surface area contributed by atoms with Crippen molar-refractivity contribution in [1.82, 2.24) is 15.4 Å². The van der Waals surface area contributed by atoms with Crippen LogP contribution in [0.15, 0.2) is 23.9 Å². The van der Waals surface area contributed by atoms with Gasteiger partial charge in [-0.1, -0.05) is 11.6 Å². The number of ether oxygens (including phenoxy) is 2. The Morgan fingerprint density at radius 1 is 1.12 bits per heavy atom. The van der Waals surface area contributed by atoms with Gasteiger partial charge in [0.15, 0.2) is 11.5 Å². The third kappa shape index (κ3) is 3.15. The summed E-state index contributed by atoms with van der Waals surface area (Å²) in [6.45, 7) is 3.68. The minimum atomic E-state index is -0.681. The van der Waals surface area contributed by atoms with E-state index in [0.29, 0.717) is 21.9 Å². The summed E-state index contributed by atoms with van der Waals surface area (Å²) in [7, 11) is 1.66. The van der Waals surface area contributed by atoms with Crippen LogP contribution in [0.5, 0.6) is 0 Å². The lowest BCUT2D eigenvalue weighted by Crippen LogP contribution is -2.43. The van der Waals surface area contributed by atoms with Gasteiger partial charge in [0.2, 0.25) is 0 Å². The minimum absolute atomic E-state index is 0.0113. The molecule has 26 heavy (non-hydrogen) atoms. The van der Waals surface area contributed by atoms with Gasteiger partial charge in [-0.15, -0.1) is 0 Å². The summed E-state index contributed by atoms with van der Waals surface area (Å²) in [5.41, 5.74) is 4.11. The molecule has 1 aromatic heterocycles. The van der Waals surface area contributed by atoms with E-state index in [0.717, 1.165) is 0 Å². The van der Waals surface area contributed by atoms with Crippen LogP contribution in [0.25, 0.3) is 16.6 Å². The lowest BCUT2D eigenvalue weighted by atomic mass is 10.1. The summed E-state index contributed by atoms with van der Waals surface area (Å²) in [5, 5.41) is 2.02. The summed E-state index contributed by atoms with van der Waals surface area (Å²) in [6, 6.07) is 5.04. The number of anilines is 1. The Balaban J connectivity index is 2.26. The van der Waals surface area contributed by atoms with Crippen LogP contribution in [0.4, 0.5) is 5.82 Å². The van der Waals surface area contributed by atoms with E-state index in [2.05, 4.69) is 15.4 Å². The molecule has 0 atom stereocenters. The van der Waals surface area contributed by atoms with Crippen molar-refractivity contribution >= 4 is 46.0 Å². The molecule has 1 aliphatic rings. The molecule has 1 N–H and O–H groups in total. The molecule has 0 saturated carbocycles. The van der Waals surface area contributed by atoms with Crippen LogP contribution < -0.4 is 10.4 Å². The second kappa shape index (κ2) is 7.17. The van der Waals surface area contributed by atoms with Gasteiger partial charge in [-0.2, -0.15) is 0 Å². The quantitative estimate of drug-likeness (QED) is 0.810. The molecule has 0 saturated heterocycles. The van der Waals surface area contributed by atoms with E-state index < -0.39 is 11.9 Å². The van der Waals surface area contributed by atoms with Crippen LogP contribution in [-0.4, -0.2) is 42.2 Å². The van der Waals surface area contributed by atoms with Gasteiger partial charge in [0.1, 0.15) is 11.3 Å². The molecule has 0 radical (unpaired) electrons. The van der Waals surface area contributed by atoms with E-state index in [4.69, 9.17) is 21.1 Å². The van der Waals surface area contributed by atoms with E-state index in [1.165, 1.54) is 5.01 Å². The van der Waals surface area contributed by atoms with Gasteiger partial charge in [-0.05, 0) is 32.0 Å². The highest BCUT2D eigenvalue weighted by molar-refractivity contribution is 6.31. The first-order valence-electron chi connectivity index (χ1n) is 8.02. The number of nitrogens with zero attached hydrogens (tertiary/aromatic N) is 3. The molecule has 0 fully saturated rings. The summed E-state index contributed by atoms with van der Waals surface area (Å²) in [5.74, 6) is -0.984. The fourth-order valence-corrected chi connectivity index (χ4v) is 2.73. The predicted molar refractivity (Wildman–Crippen MR) is 96.3 cm³/mol. The molecule has 3 rings (SSSR count). The monoisotopic (exact) mass is 376 g/mol. The molecular weight excluding hydrogens is 360 g/mol. The smallest absolute Gasteiger partial charge is 0.357 e. The normalized spacial score (nSPS) is 13.3. The Labute approximate surface area is 154 Å². The Bertz CT molecular complexity index is 928. The van der Waals surface area contributed by atoms with Crippen LogP contribution >= 0.6 is 11.6 Å². The van der Waals surface area contributed by atoms with Gasteiger partial charge >= 0.3 is 11.9 Å². The molecule has 0 bridgehead atoms. The molecule has 0 amide bonds. The molecule has 2 heterocycles. The molecule has 0 spiro atoms. The second-order valence-electron chi connectivity index (χ2n) is 5.39. The molecular formula is C17H17ClN4O4. The lowest BCUT2D eigenvalue weighted by molar-refractivity contribution is -0.140. The lowest BCUT2D eigenvalue weighted by Gasteiger charge is -2.29. The van der Waals surface area contributed by atoms with Crippen LogP contribution in [0, 0.1) is 0 Å². The van der Waals surface area contributed by atoms with Crippen LogP contribution in [-0.2, 0) is 19.1 Å². The third-order valence-electron chi connectivity index (χ3n) is 3.65. The van der Waals surface area contributed by atoms with Gasteiger partial charge in [-0.25, -0.2) is 19.6 Å². The van der Waals surface area contributed by atoms with Crippen molar-refractivity contribution < 1.29 is 19.1 Å². The number of hydrogen-bond acceptors (Lipinski definition) is 8. The zero-order valence-electron chi connectivity index (χ0n) is 14.5. The number of nitrogens with one attached hydrogen (secondary N) is 1. The first-order valence-corrected chi connectivity index (χ1v) is 8.40. The van der Waals surface area contributed by atoms with Crippen molar-refractivity contribution in [2.75, 3.05) is 25.3 Å². The van der Waals surface area contributed by atoms with Crippen molar-refractivity contribution in [1.29, 1.82) is 0 Å². The van der Waals surface area contributed by atoms with Gasteiger partial charge in [0, 0.05) is 12.1 Å². The van der Waals surface area contributed by atoms with E-state index in [1.54, 1.807) is 39.1 Å². The number of carbonyl (C=O) groups excluding carboxylic acids is 2. The number of benzene rings is 1. The Hall–Kier alpha value is -2.87. The Morgan fingerprint density at radius 3 is 2.50 bits per heavy atom. The number of fused-ring (bicyclic) bond motifs is 2. The van der Waals surface area contributed by atoms with Crippen molar-refractivity contribution in [3.63, 3.8) is 0 Å². The minimum Gasteiger partial charge on any atom is -0.462 e. The topological polar surface area (TPSA) is 93.7 Å². The summed E-state index contributed by atoms with van der Waals surface area (Å²) in [4.78, 5) is 33.9. The first kappa shape index (κ1) is 17.9. The van der Waals surface area contributed by atoms with Gasteiger partial charge < -0.3 is 9.47 Å². The van der Waals surface area contributed by atoms with E-state index in [9.17, 15) is 9.59 Å². The highest BCUT2D eigenvalue weighted by atomic mass is 35.5. The summed E-state index contributed by atoms with van der Waals surface area (Å²) in [6.07, 6.45) is 0. The zero-order valence-corrected chi connectivity index (χ0v) is 15.3. The van der Waals surface area contributed by atoms with Crippen LogP contribution in [0.1, 0.15) is 19.5 Å². The van der Waals surface area contributed by atoms with Gasteiger partial charge in [0.25, 0.3) is 0 Å². The number of halogens is 1. The fourth-order valence-electron chi connectivity index (χ4n) is 2.57. The highest BCUT2D eigenvalue weighted by Crippen LogP contribution is 2.32. The predicted octanol–water partition coefficient (Wildman–Crippen LogP) is 2.07. The molecule has 8 nitrogen and oxygen atoms in total. The van der Waals surface area contributed by atoms with Crippen LogP contribution in [0.2, 0.25) is 5.02 Å². The summed E-state index contributed by atoms with van der Waals surface area (Å²) < 4.78 is 10.2. The molecule has 0 aliphatic carbocycles. The maximum atomic E-state index is 12.5. The molecule has 2 aromatic rings. The van der Waals surface area contributed by atoms with Crippen LogP contribution in [0.3, 0.4) is 0 Å². The van der Waals surface area contributed by atoms with Crippen molar-refractivity contribution in [2.24, 2.45) is 0 Å². The largest absolute Gasteiger partial charge is 0.462 e. The van der Waals surface area contributed by atoms with E-state index >= 15 is 0 Å². The standard InChI is InChI=1S/C17H17ClN4O4/c1-4-25-16(23)12-13-15(22(3)21-14(12)17(24)26-5-2)20-11-8-9(18)6-7-10(11)19-13/h6-8,21H,4-5H2,1-3H3. The Morgan fingerprint density at radius 2 is 1.81 bits per heavy atom. The first-order chi connectivity index (χ1) is 12.5. The fraction of sp³-hybridized carbons (Fsp3) is 0.294. The maximum absolute atomic E-state index is 12.5. The Kier molecular flexibility index (Phi) is 4.94. The van der Waals surface area contributed by atoms with E-state index in [-0.39, 0.29) is 30.2 Å². The SMILES string of the molecule is CCOC(=O)C1=C(C(=O)OCC)c2nc3ccc(Cl)cc3nc2N(C)N1. The molecule has 0 unspecified atom stereocenters. The van der Waals surface area contributed by atoms with Crippen molar-refractivity contribution in [2.45, 2.75) is 13.8 Å². The number of hydrogen-bond donors (Lipinski definition) is 1. The van der Waals surface area contributed by atoms with Gasteiger partial charge in [-0.3, -0.25) is 10.4 Å². The van der Waals surface area contributed by atoms with Crippen molar-refractivity contribution in [3.8, 4) is 0 Å². The maximum Gasteiger partial charge on any atom is 0.357 e. The highest BCUT2D eigenvalue weighted by Gasteiger charge is 2.34. The average Bonchev–Trinajstić information content (AvgIpc) is 2.60. The average molecular weight is 377 g/mol. The van der Waals surface area contributed by atoms with Crippen molar-refractivity contribution in [3.05, 3.63) is 34.6 Å². The zero-order chi connectivity index (χ0) is 18.8. The number of rotatable bonds is 4. The second-order valence-corrected chi connectivity index (χ2v) is 5.83. The van der Waals surface area contributed by atoms with E-state index in [1.807, 2.05) is 0 Å². The molecule has 136 valence electrons. The summed E-state index contributed by atoms with van der Waals surface area (Å²) >= 11 is 6.02. The molecule has 1 aromatic carbocycles. The number of hydrazine groups is 1. The third-order valence-corrected chi connectivity index (χ3v) is 3.89. The molecule has 1 aliphatic heterocycles. The number of aromatic nitrogens is 2. The van der Waals surface area contributed by atoms with Gasteiger partial charge in [0.05, 0.1) is 24.2 Å². The molecule has 9 heteroatoms. The number of esters is 2. The number of carbonyl (C=O) groups is 2.